The second-order valence-corrected chi connectivity index (χ2v) is 4.38. The molecule has 0 aliphatic carbocycles. The maximum Gasteiger partial charge on any atom is 0.193 e. The maximum absolute atomic E-state index is 8.80. The number of pyridine rings is 1. The van der Waals surface area contributed by atoms with E-state index in [1.807, 2.05) is 6.92 Å². The Morgan fingerprint density at radius 3 is 2.67 bits per heavy atom. The molecule has 0 saturated carbocycles. The fourth-order valence-electron chi connectivity index (χ4n) is 1.40. The van der Waals surface area contributed by atoms with Gasteiger partial charge in [-0.05, 0) is 36.4 Å². The molecule has 6 nitrogen and oxygen atoms in total. The quantitative estimate of drug-likeness (QED) is 0.285. The van der Waals surface area contributed by atoms with Gasteiger partial charge >= 0.3 is 0 Å². The molecular formula is C11H11N5OS. The Kier molecular flexibility index (Phi) is 3.73. The van der Waals surface area contributed by atoms with Crippen molar-refractivity contribution in [1.29, 1.82) is 0 Å². The van der Waals surface area contributed by atoms with E-state index in [0.717, 1.165) is 5.56 Å². The van der Waals surface area contributed by atoms with Crippen molar-refractivity contribution in [2.24, 2.45) is 10.9 Å². The molecule has 92 valence electrons. The average Bonchev–Trinajstić information content (AvgIpc) is 2.39. The van der Waals surface area contributed by atoms with Gasteiger partial charge in [-0.3, -0.25) is 0 Å². The van der Waals surface area contributed by atoms with Crippen LogP contribution in [-0.2, 0) is 0 Å². The van der Waals surface area contributed by atoms with Crippen LogP contribution in [0.5, 0.6) is 0 Å². The fourth-order valence-corrected chi connectivity index (χ4v) is 2.28. The summed E-state index contributed by atoms with van der Waals surface area (Å²) in [5, 5.41) is 13.0. The Balaban J connectivity index is 2.42. The molecule has 7 heteroatoms. The molecule has 0 spiro atoms. The van der Waals surface area contributed by atoms with Crippen molar-refractivity contribution in [3.8, 4) is 0 Å². The highest BCUT2D eigenvalue weighted by molar-refractivity contribution is 7.99. The van der Waals surface area contributed by atoms with E-state index in [0.29, 0.717) is 15.7 Å². The number of nitrogens with zero attached hydrogens (tertiary/aromatic N) is 4. The number of aromatic nitrogens is 3. The predicted octanol–water partition coefficient (Wildman–Crippen LogP) is 1.43. The molecule has 0 atom stereocenters. The molecule has 2 aromatic rings. The summed E-state index contributed by atoms with van der Waals surface area (Å²) < 4.78 is 0. The number of oxime groups is 1. The molecule has 0 fully saturated rings. The molecule has 0 saturated heterocycles. The van der Waals surface area contributed by atoms with Gasteiger partial charge < -0.3 is 10.9 Å². The number of amidine groups is 1. The predicted molar refractivity (Wildman–Crippen MR) is 67.6 cm³/mol. The summed E-state index contributed by atoms with van der Waals surface area (Å²) in [6.45, 7) is 1.87. The molecule has 0 aliphatic heterocycles. The van der Waals surface area contributed by atoms with Crippen molar-refractivity contribution >= 4 is 17.6 Å². The summed E-state index contributed by atoms with van der Waals surface area (Å²) in [6, 6.07) is 3.53. The third-order valence-electron chi connectivity index (χ3n) is 2.22. The van der Waals surface area contributed by atoms with Crippen LogP contribution in [0.4, 0.5) is 0 Å². The molecule has 18 heavy (non-hydrogen) atoms. The minimum absolute atomic E-state index is 0.0269. The zero-order valence-corrected chi connectivity index (χ0v) is 10.4. The molecule has 0 bridgehead atoms. The lowest BCUT2D eigenvalue weighted by molar-refractivity contribution is 0.318. The van der Waals surface area contributed by atoms with E-state index < -0.39 is 0 Å². The Morgan fingerprint density at radius 1 is 1.28 bits per heavy atom. The molecule has 3 N–H and O–H groups in total. The van der Waals surface area contributed by atoms with Crippen LogP contribution in [0, 0.1) is 6.92 Å². The zero-order valence-electron chi connectivity index (χ0n) is 9.61. The second kappa shape index (κ2) is 5.46. The number of nitrogens with two attached hydrogens (primary N) is 1. The van der Waals surface area contributed by atoms with E-state index in [2.05, 4.69) is 20.1 Å². The van der Waals surface area contributed by atoms with E-state index in [-0.39, 0.29) is 5.84 Å². The molecule has 0 radical (unpaired) electrons. The first-order valence-electron chi connectivity index (χ1n) is 5.10. The van der Waals surface area contributed by atoms with Crippen LogP contribution in [-0.4, -0.2) is 26.0 Å². The van der Waals surface area contributed by atoms with E-state index in [9.17, 15) is 0 Å². The first-order valence-corrected chi connectivity index (χ1v) is 5.92. The molecule has 2 heterocycles. The van der Waals surface area contributed by atoms with Gasteiger partial charge in [-0.2, -0.15) is 0 Å². The van der Waals surface area contributed by atoms with Crippen LogP contribution >= 0.6 is 11.8 Å². The highest BCUT2D eigenvalue weighted by atomic mass is 32.2. The standard InChI is InChI=1S/C11H11N5OS/c1-7-3-6-13-10(8(7)9(12)16-17)18-11-14-4-2-5-15-11/h2-6,17H,1H3,(H2,12,16). The Bertz CT molecular complexity index is 573. The molecule has 2 rings (SSSR count). The van der Waals surface area contributed by atoms with Gasteiger partial charge in [0.05, 0.1) is 5.56 Å². The van der Waals surface area contributed by atoms with Crippen molar-refractivity contribution < 1.29 is 5.21 Å². The van der Waals surface area contributed by atoms with Gasteiger partial charge in [0.15, 0.2) is 11.0 Å². The van der Waals surface area contributed by atoms with Gasteiger partial charge in [-0.1, -0.05) is 5.16 Å². The lowest BCUT2D eigenvalue weighted by Crippen LogP contribution is -2.16. The minimum Gasteiger partial charge on any atom is -0.409 e. The Labute approximate surface area is 108 Å². The van der Waals surface area contributed by atoms with Gasteiger partial charge in [-0.15, -0.1) is 0 Å². The van der Waals surface area contributed by atoms with Crippen LogP contribution < -0.4 is 5.73 Å². The monoisotopic (exact) mass is 261 g/mol. The average molecular weight is 261 g/mol. The number of hydrogen-bond donors (Lipinski definition) is 2. The molecule has 0 aromatic carbocycles. The molecule has 0 unspecified atom stereocenters. The van der Waals surface area contributed by atoms with Crippen LogP contribution in [0.25, 0.3) is 0 Å². The van der Waals surface area contributed by atoms with Gasteiger partial charge in [0.1, 0.15) is 5.03 Å². The number of rotatable bonds is 3. The normalized spacial score (nSPS) is 11.5. The van der Waals surface area contributed by atoms with Gasteiger partial charge in [-0.25, -0.2) is 15.0 Å². The summed E-state index contributed by atoms with van der Waals surface area (Å²) in [6.07, 6.45) is 4.96. The molecule has 0 aliphatic rings. The molecule has 2 aromatic heterocycles. The highest BCUT2D eigenvalue weighted by Crippen LogP contribution is 2.27. The lowest BCUT2D eigenvalue weighted by Gasteiger charge is -2.08. The minimum atomic E-state index is 0.0269. The summed E-state index contributed by atoms with van der Waals surface area (Å²) in [5.41, 5.74) is 7.12. The van der Waals surface area contributed by atoms with Crippen molar-refractivity contribution in [2.75, 3.05) is 0 Å². The third-order valence-corrected chi connectivity index (χ3v) is 3.11. The van der Waals surface area contributed by atoms with Gasteiger partial charge in [0.25, 0.3) is 0 Å². The van der Waals surface area contributed by atoms with Crippen molar-refractivity contribution in [3.05, 3.63) is 41.9 Å². The SMILES string of the molecule is Cc1ccnc(Sc2ncccn2)c1/C(N)=N/O. The Hall–Kier alpha value is -2.15. The highest BCUT2D eigenvalue weighted by Gasteiger charge is 2.13. The van der Waals surface area contributed by atoms with Crippen molar-refractivity contribution in [2.45, 2.75) is 17.1 Å². The van der Waals surface area contributed by atoms with Gasteiger partial charge in [0.2, 0.25) is 0 Å². The number of aryl methyl sites for hydroxylation is 1. The lowest BCUT2D eigenvalue weighted by atomic mass is 10.1. The zero-order chi connectivity index (χ0) is 13.0. The Morgan fingerprint density at radius 2 is 2.00 bits per heavy atom. The van der Waals surface area contributed by atoms with Crippen LogP contribution in [0.3, 0.4) is 0 Å². The van der Waals surface area contributed by atoms with E-state index in [1.54, 1.807) is 30.7 Å². The van der Waals surface area contributed by atoms with Crippen LogP contribution in [0.15, 0.2) is 46.1 Å². The van der Waals surface area contributed by atoms with Crippen molar-refractivity contribution in [1.82, 2.24) is 15.0 Å². The smallest absolute Gasteiger partial charge is 0.193 e. The van der Waals surface area contributed by atoms with Crippen LogP contribution in [0.1, 0.15) is 11.1 Å². The maximum atomic E-state index is 8.80. The summed E-state index contributed by atoms with van der Waals surface area (Å²) >= 11 is 1.27. The fraction of sp³-hybridized carbons (Fsp3) is 0.0909. The third kappa shape index (κ3) is 2.57. The van der Waals surface area contributed by atoms with Crippen molar-refractivity contribution in [3.63, 3.8) is 0 Å². The summed E-state index contributed by atoms with van der Waals surface area (Å²) in [5.74, 6) is 0.0269. The summed E-state index contributed by atoms with van der Waals surface area (Å²) in [4.78, 5) is 12.4. The van der Waals surface area contributed by atoms with Gasteiger partial charge in [0, 0.05) is 18.6 Å². The van der Waals surface area contributed by atoms with Crippen LogP contribution in [0.2, 0.25) is 0 Å². The topological polar surface area (TPSA) is 97.3 Å². The molecule has 0 amide bonds. The summed E-state index contributed by atoms with van der Waals surface area (Å²) in [7, 11) is 0. The first-order chi connectivity index (χ1) is 8.72. The second-order valence-electron chi connectivity index (χ2n) is 3.43. The van der Waals surface area contributed by atoms with E-state index in [4.69, 9.17) is 10.9 Å². The molecular weight excluding hydrogens is 250 g/mol. The number of hydrogen-bond acceptors (Lipinski definition) is 6. The largest absolute Gasteiger partial charge is 0.409 e. The first kappa shape index (κ1) is 12.3. The van der Waals surface area contributed by atoms with E-state index in [1.165, 1.54) is 11.8 Å². The van der Waals surface area contributed by atoms with E-state index >= 15 is 0 Å².